The van der Waals surface area contributed by atoms with Gasteiger partial charge >= 0.3 is 6.09 Å². The van der Waals surface area contributed by atoms with Gasteiger partial charge in [-0.1, -0.05) is 20.8 Å². The summed E-state index contributed by atoms with van der Waals surface area (Å²) in [5.74, 6) is 0. The highest BCUT2D eigenvalue weighted by molar-refractivity contribution is 5.69. The molecule has 0 aromatic rings. The summed E-state index contributed by atoms with van der Waals surface area (Å²) >= 11 is 0. The predicted molar refractivity (Wildman–Crippen MR) is 81.7 cm³/mol. The third kappa shape index (κ3) is 3.64. The number of amides is 1. The topological polar surface area (TPSA) is 29.5 Å². The summed E-state index contributed by atoms with van der Waals surface area (Å²) in [6.07, 6.45) is 0.391. The van der Waals surface area contributed by atoms with Crippen LogP contribution in [0.4, 0.5) is 9.18 Å². The maximum absolute atomic E-state index is 14.3. The molecule has 0 heterocycles. The van der Waals surface area contributed by atoms with E-state index in [1.807, 2.05) is 13.8 Å². The minimum Gasteiger partial charge on any atom is -0.443 e. The number of ether oxygens (including phenoxy) is 1. The smallest absolute Gasteiger partial charge is 0.410 e. The Labute approximate surface area is 123 Å². The maximum atomic E-state index is 14.3. The first kappa shape index (κ1) is 19.2. The van der Waals surface area contributed by atoms with E-state index in [4.69, 9.17) is 4.74 Å². The fourth-order valence-electron chi connectivity index (χ4n) is 1.48. The molecule has 120 valence electrons. The molecule has 1 amide bonds. The van der Waals surface area contributed by atoms with E-state index in [1.54, 1.807) is 20.9 Å². The molecule has 3 nitrogen and oxygen atoms in total. The zero-order chi connectivity index (χ0) is 16.6. The summed E-state index contributed by atoms with van der Waals surface area (Å²) in [6, 6.07) is 0. The Balaban J connectivity index is 5.14. The van der Waals surface area contributed by atoms with Crippen molar-refractivity contribution in [1.82, 2.24) is 4.90 Å². The van der Waals surface area contributed by atoms with Crippen molar-refractivity contribution in [2.45, 2.75) is 85.5 Å². The second-order valence-electron chi connectivity index (χ2n) is 7.71. The molecule has 0 unspecified atom stereocenters. The lowest BCUT2D eigenvalue weighted by Crippen LogP contribution is -2.58. The molecule has 0 fully saturated rings. The maximum Gasteiger partial charge on any atom is 0.410 e. The molecule has 0 rings (SSSR count). The first-order valence-corrected chi connectivity index (χ1v) is 7.26. The van der Waals surface area contributed by atoms with E-state index in [9.17, 15) is 9.18 Å². The summed E-state index contributed by atoms with van der Waals surface area (Å²) < 4.78 is 19.9. The van der Waals surface area contributed by atoms with Crippen molar-refractivity contribution < 1.29 is 13.9 Å². The zero-order valence-electron chi connectivity index (χ0n) is 14.8. The number of halogens is 1. The van der Waals surface area contributed by atoms with Crippen LogP contribution in [0.25, 0.3) is 0 Å². The van der Waals surface area contributed by atoms with Gasteiger partial charge in [-0.2, -0.15) is 0 Å². The van der Waals surface area contributed by atoms with Crippen LogP contribution in [0.1, 0.15) is 68.7 Å². The van der Waals surface area contributed by atoms with Gasteiger partial charge in [0, 0.05) is 12.5 Å². The van der Waals surface area contributed by atoms with Crippen LogP contribution in [0.2, 0.25) is 0 Å². The third-order valence-corrected chi connectivity index (χ3v) is 5.42. The number of hydrogen-bond acceptors (Lipinski definition) is 2. The van der Waals surface area contributed by atoms with Gasteiger partial charge in [-0.05, 0) is 48.0 Å². The first-order valence-electron chi connectivity index (χ1n) is 7.26. The van der Waals surface area contributed by atoms with Gasteiger partial charge in [-0.15, -0.1) is 0 Å². The number of hydrogen-bond donors (Lipinski definition) is 0. The Morgan fingerprint density at radius 3 is 1.75 bits per heavy atom. The van der Waals surface area contributed by atoms with Crippen LogP contribution in [0, 0.1) is 5.41 Å². The van der Waals surface area contributed by atoms with Gasteiger partial charge < -0.3 is 9.64 Å². The monoisotopic (exact) mass is 289 g/mol. The SMILES string of the molecule is CCC(C)(C)C(C)(C)OC(=O)N(C)C(C)(C)C(C)(C)F. The highest BCUT2D eigenvalue weighted by Gasteiger charge is 2.46. The van der Waals surface area contributed by atoms with Gasteiger partial charge in [0.05, 0.1) is 5.54 Å². The predicted octanol–water partition coefficient (Wildman–Crippen LogP) is 4.80. The minimum atomic E-state index is -1.52. The lowest BCUT2D eigenvalue weighted by Gasteiger charge is -2.45. The zero-order valence-corrected chi connectivity index (χ0v) is 14.8. The van der Waals surface area contributed by atoms with Crippen LogP contribution in [-0.2, 0) is 4.74 Å². The van der Waals surface area contributed by atoms with E-state index < -0.39 is 22.9 Å². The summed E-state index contributed by atoms with van der Waals surface area (Å²) in [4.78, 5) is 13.7. The third-order valence-electron chi connectivity index (χ3n) is 5.42. The van der Waals surface area contributed by atoms with Crippen LogP contribution >= 0.6 is 0 Å². The fraction of sp³-hybridized carbons (Fsp3) is 0.938. The van der Waals surface area contributed by atoms with E-state index in [0.29, 0.717) is 0 Å². The van der Waals surface area contributed by atoms with Crippen LogP contribution in [0.5, 0.6) is 0 Å². The van der Waals surface area contributed by atoms with Crippen LogP contribution in [-0.4, -0.2) is 34.8 Å². The Morgan fingerprint density at radius 1 is 1.05 bits per heavy atom. The average molecular weight is 289 g/mol. The lowest BCUT2D eigenvalue weighted by atomic mass is 9.75. The van der Waals surface area contributed by atoms with Gasteiger partial charge in [0.1, 0.15) is 11.3 Å². The molecule has 0 spiro atoms. The number of alkyl halides is 1. The molecule has 0 bridgehead atoms. The van der Waals surface area contributed by atoms with E-state index in [0.717, 1.165) is 6.42 Å². The van der Waals surface area contributed by atoms with Crippen molar-refractivity contribution in [1.29, 1.82) is 0 Å². The van der Waals surface area contributed by atoms with Crippen LogP contribution in [0.15, 0.2) is 0 Å². The van der Waals surface area contributed by atoms with Gasteiger partial charge in [-0.3, -0.25) is 0 Å². The highest BCUT2D eigenvalue weighted by atomic mass is 19.1. The molecule has 0 aliphatic heterocycles. The van der Waals surface area contributed by atoms with Crippen molar-refractivity contribution in [2.75, 3.05) is 7.05 Å². The average Bonchev–Trinajstić information content (AvgIpc) is 2.25. The Kier molecular flexibility index (Phi) is 5.31. The summed E-state index contributed by atoms with van der Waals surface area (Å²) in [6.45, 7) is 16.3. The van der Waals surface area contributed by atoms with Crippen molar-refractivity contribution in [2.24, 2.45) is 5.41 Å². The van der Waals surface area contributed by atoms with Crippen LogP contribution < -0.4 is 0 Å². The molecule has 0 aliphatic rings. The molecule has 0 aromatic carbocycles. The minimum absolute atomic E-state index is 0.154. The van der Waals surface area contributed by atoms with Gasteiger partial charge in [0.15, 0.2) is 0 Å². The van der Waals surface area contributed by atoms with Crippen LogP contribution in [0.3, 0.4) is 0 Å². The molecule has 0 aromatic heterocycles. The van der Waals surface area contributed by atoms with Gasteiger partial charge in [0.25, 0.3) is 0 Å². The lowest BCUT2D eigenvalue weighted by molar-refractivity contribution is -0.0805. The number of carbonyl (C=O) groups is 1. The van der Waals surface area contributed by atoms with Gasteiger partial charge in [0.2, 0.25) is 0 Å². The second-order valence-corrected chi connectivity index (χ2v) is 7.71. The molecule has 0 aliphatic carbocycles. The van der Waals surface area contributed by atoms with Crippen molar-refractivity contribution in [3.63, 3.8) is 0 Å². The highest BCUT2D eigenvalue weighted by Crippen LogP contribution is 2.38. The quantitative estimate of drug-likeness (QED) is 0.728. The van der Waals surface area contributed by atoms with Crippen molar-refractivity contribution in [3.8, 4) is 0 Å². The summed E-state index contributed by atoms with van der Waals surface area (Å²) in [5.41, 5.74) is -3.25. The molecular weight excluding hydrogens is 257 g/mol. The number of rotatable bonds is 5. The summed E-state index contributed by atoms with van der Waals surface area (Å²) in [5, 5.41) is 0. The van der Waals surface area contributed by atoms with Crippen molar-refractivity contribution >= 4 is 6.09 Å². The molecule has 0 radical (unpaired) electrons. The Morgan fingerprint density at radius 2 is 1.45 bits per heavy atom. The molecule has 20 heavy (non-hydrogen) atoms. The largest absolute Gasteiger partial charge is 0.443 e. The molecule has 0 atom stereocenters. The van der Waals surface area contributed by atoms with Gasteiger partial charge in [-0.25, -0.2) is 9.18 Å². The number of nitrogens with zero attached hydrogens (tertiary/aromatic N) is 1. The second kappa shape index (κ2) is 5.53. The van der Waals surface area contributed by atoms with E-state index >= 15 is 0 Å². The Bertz CT molecular complexity index is 354. The Hall–Kier alpha value is -0.800. The first-order chi connectivity index (χ1) is 8.60. The normalized spacial score (nSPS) is 14.2. The van der Waals surface area contributed by atoms with E-state index in [2.05, 4.69) is 20.8 Å². The van der Waals surface area contributed by atoms with E-state index in [-0.39, 0.29) is 5.41 Å². The molecule has 4 heteroatoms. The molecule has 0 saturated carbocycles. The standard InChI is InChI=1S/C16H32FNO2/c1-11-13(2,3)16(8,9)20-12(19)18(10)15(6,7)14(4,5)17/h11H2,1-10H3. The summed E-state index contributed by atoms with van der Waals surface area (Å²) in [7, 11) is 1.58. The molecule has 0 saturated heterocycles. The van der Waals surface area contributed by atoms with Crippen molar-refractivity contribution in [3.05, 3.63) is 0 Å². The molecule has 0 N–H and O–H groups in total. The fourth-order valence-corrected chi connectivity index (χ4v) is 1.48. The molecular formula is C16H32FNO2. The van der Waals surface area contributed by atoms with E-state index in [1.165, 1.54) is 18.7 Å². The number of carbonyl (C=O) groups excluding carboxylic acids is 1.